The van der Waals surface area contributed by atoms with Gasteiger partial charge >= 0.3 is 12.1 Å². The molecule has 0 saturated carbocycles. The quantitative estimate of drug-likeness (QED) is 0.382. The number of halogens is 3. The molecule has 3 aromatic rings. The van der Waals surface area contributed by atoms with Crippen molar-refractivity contribution in [3.05, 3.63) is 65.2 Å². The third-order valence-electron chi connectivity index (χ3n) is 5.00. The van der Waals surface area contributed by atoms with E-state index in [1.54, 1.807) is 0 Å². The number of nitrogens with one attached hydrogen (secondary N) is 1. The number of anilines is 1. The first-order valence-electron chi connectivity index (χ1n) is 10.5. The predicted molar refractivity (Wildman–Crippen MR) is 125 cm³/mol. The number of carboxylic acids is 1. The number of carbonyl (C=O) groups is 1. The minimum absolute atomic E-state index is 0.197. The van der Waals surface area contributed by atoms with Crippen molar-refractivity contribution in [3.8, 4) is 17.1 Å². The molecule has 192 valence electrons. The summed E-state index contributed by atoms with van der Waals surface area (Å²) in [7, 11) is -4.33. The SMILES string of the molecule is Cc1cccc(C)c1-c1cc(OCC(N)CC(F)(F)F)nc(NS(=O)(=O)c2cccc(C(=O)O)c2)n1. The summed E-state index contributed by atoms with van der Waals surface area (Å²) in [6, 6.07) is 10.1. The van der Waals surface area contributed by atoms with Gasteiger partial charge in [-0.1, -0.05) is 24.3 Å². The van der Waals surface area contributed by atoms with E-state index in [-0.39, 0.29) is 22.0 Å². The van der Waals surface area contributed by atoms with Gasteiger partial charge in [0.15, 0.2) is 0 Å². The molecule has 0 fully saturated rings. The minimum Gasteiger partial charge on any atom is -0.478 e. The zero-order valence-corrected chi connectivity index (χ0v) is 20.0. The number of aromatic carboxylic acids is 1. The summed E-state index contributed by atoms with van der Waals surface area (Å²) in [5, 5.41) is 9.15. The lowest BCUT2D eigenvalue weighted by Gasteiger charge is -2.16. The Morgan fingerprint density at radius 1 is 1.11 bits per heavy atom. The maximum absolute atomic E-state index is 12.9. The molecule has 0 saturated heterocycles. The van der Waals surface area contributed by atoms with Gasteiger partial charge in [0, 0.05) is 17.7 Å². The van der Waals surface area contributed by atoms with Crippen LogP contribution in [0.15, 0.2) is 53.4 Å². The van der Waals surface area contributed by atoms with Crippen molar-refractivity contribution >= 4 is 21.9 Å². The van der Waals surface area contributed by atoms with Crippen LogP contribution in [0, 0.1) is 13.8 Å². The number of nitrogens with zero attached hydrogens (tertiary/aromatic N) is 2. The summed E-state index contributed by atoms with van der Waals surface area (Å²) in [5.41, 5.74) is 7.78. The molecule has 0 aliphatic carbocycles. The lowest BCUT2D eigenvalue weighted by molar-refractivity contribution is -0.139. The fourth-order valence-corrected chi connectivity index (χ4v) is 4.40. The third kappa shape index (κ3) is 6.92. The topological polar surface area (TPSA) is 144 Å². The summed E-state index contributed by atoms with van der Waals surface area (Å²) in [5.74, 6) is -1.93. The van der Waals surface area contributed by atoms with Gasteiger partial charge < -0.3 is 15.6 Å². The van der Waals surface area contributed by atoms with Crippen molar-refractivity contribution in [1.29, 1.82) is 0 Å². The van der Waals surface area contributed by atoms with Crippen LogP contribution in [-0.2, 0) is 10.0 Å². The number of nitrogens with two attached hydrogens (primary N) is 1. The monoisotopic (exact) mass is 524 g/mol. The Morgan fingerprint density at radius 3 is 2.36 bits per heavy atom. The summed E-state index contributed by atoms with van der Waals surface area (Å²) < 4.78 is 71.3. The molecule has 1 heterocycles. The Morgan fingerprint density at radius 2 is 1.75 bits per heavy atom. The number of benzene rings is 2. The van der Waals surface area contributed by atoms with E-state index >= 15 is 0 Å². The molecule has 1 unspecified atom stereocenters. The number of aromatic nitrogens is 2. The largest absolute Gasteiger partial charge is 0.478 e. The summed E-state index contributed by atoms with van der Waals surface area (Å²) in [6.45, 7) is 3.09. The number of alkyl halides is 3. The van der Waals surface area contributed by atoms with Gasteiger partial charge in [0.25, 0.3) is 10.0 Å². The van der Waals surface area contributed by atoms with Gasteiger partial charge in [-0.05, 0) is 43.2 Å². The van der Waals surface area contributed by atoms with Crippen molar-refractivity contribution in [1.82, 2.24) is 9.97 Å². The Bertz CT molecular complexity index is 1360. The lowest BCUT2D eigenvalue weighted by Crippen LogP contribution is -2.33. The molecule has 0 bridgehead atoms. The highest BCUT2D eigenvalue weighted by Crippen LogP contribution is 2.29. The Balaban J connectivity index is 2.00. The van der Waals surface area contributed by atoms with Gasteiger partial charge in [0.05, 0.1) is 22.6 Å². The van der Waals surface area contributed by atoms with Gasteiger partial charge in [0.2, 0.25) is 11.8 Å². The van der Waals surface area contributed by atoms with Crippen LogP contribution in [0.5, 0.6) is 5.88 Å². The zero-order chi connectivity index (χ0) is 26.7. The summed E-state index contributed by atoms with van der Waals surface area (Å²) in [4.78, 5) is 19.1. The molecule has 0 aliphatic heterocycles. The average molecular weight is 525 g/mol. The van der Waals surface area contributed by atoms with Crippen molar-refractivity contribution in [2.45, 2.75) is 37.4 Å². The van der Waals surface area contributed by atoms with Crippen molar-refractivity contribution < 1.29 is 36.2 Å². The van der Waals surface area contributed by atoms with Crippen LogP contribution >= 0.6 is 0 Å². The van der Waals surface area contributed by atoms with Gasteiger partial charge in [-0.2, -0.15) is 18.2 Å². The minimum atomic E-state index is -4.48. The number of hydrogen-bond donors (Lipinski definition) is 3. The maximum Gasteiger partial charge on any atom is 0.390 e. The molecular formula is C23H23F3N4O5S. The molecule has 0 radical (unpaired) electrons. The van der Waals surface area contributed by atoms with Gasteiger partial charge in [0.1, 0.15) is 6.61 Å². The fraction of sp³-hybridized carbons (Fsp3) is 0.261. The number of ether oxygens (including phenoxy) is 1. The molecule has 0 amide bonds. The van der Waals surface area contributed by atoms with Crippen molar-refractivity contribution in [2.75, 3.05) is 11.3 Å². The molecule has 4 N–H and O–H groups in total. The molecule has 2 aromatic carbocycles. The Kier molecular flexibility index (Phi) is 7.84. The zero-order valence-electron chi connectivity index (χ0n) is 19.2. The van der Waals surface area contributed by atoms with E-state index in [2.05, 4.69) is 14.7 Å². The van der Waals surface area contributed by atoms with Crippen LogP contribution in [-0.4, -0.2) is 48.3 Å². The maximum atomic E-state index is 12.9. The molecule has 1 atom stereocenters. The van der Waals surface area contributed by atoms with Crippen LogP contribution < -0.4 is 15.2 Å². The van der Waals surface area contributed by atoms with Crippen LogP contribution in [0.3, 0.4) is 0 Å². The predicted octanol–water partition coefficient (Wildman–Crippen LogP) is 3.92. The number of hydrogen-bond acceptors (Lipinski definition) is 7. The number of sulfonamides is 1. The van der Waals surface area contributed by atoms with Crippen LogP contribution in [0.2, 0.25) is 0 Å². The van der Waals surface area contributed by atoms with E-state index in [4.69, 9.17) is 15.6 Å². The van der Waals surface area contributed by atoms with E-state index in [1.165, 1.54) is 24.3 Å². The number of aryl methyl sites for hydroxylation is 2. The van der Waals surface area contributed by atoms with Crippen molar-refractivity contribution in [2.24, 2.45) is 5.73 Å². The van der Waals surface area contributed by atoms with E-state index in [1.807, 2.05) is 32.0 Å². The molecular weight excluding hydrogens is 501 g/mol. The fourth-order valence-electron chi connectivity index (χ4n) is 3.42. The van der Waals surface area contributed by atoms with Crippen molar-refractivity contribution in [3.63, 3.8) is 0 Å². The first-order valence-corrected chi connectivity index (χ1v) is 12.0. The summed E-state index contributed by atoms with van der Waals surface area (Å²) in [6.07, 6.45) is -5.76. The number of rotatable bonds is 9. The second-order valence-electron chi connectivity index (χ2n) is 8.01. The number of carboxylic acid groups (broad SMARTS) is 1. The molecule has 9 nitrogen and oxygen atoms in total. The normalized spacial score (nSPS) is 12.7. The lowest BCUT2D eigenvalue weighted by atomic mass is 10.00. The first-order chi connectivity index (χ1) is 16.7. The molecule has 36 heavy (non-hydrogen) atoms. The van der Waals surface area contributed by atoms with E-state index in [0.717, 1.165) is 17.2 Å². The second kappa shape index (κ2) is 10.5. The molecule has 13 heteroatoms. The molecule has 0 spiro atoms. The van der Waals surface area contributed by atoms with Crippen LogP contribution in [0.25, 0.3) is 11.3 Å². The smallest absolute Gasteiger partial charge is 0.390 e. The third-order valence-corrected chi connectivity index (χ3v) is 6.32. The summed E-state index contributed by atoms with van der Waals surface area (Å²) >= 11 is 0. The standard InChI is InChI=1S/C23H23F3N4O5S/c1-13-5-3-6-14(2)20(13)18-10-19(35-12-16(27)11-23(24,25)26)29-22(28-18)30-36(33,34)17-8-4-7-15(9-17)21(31)32/h3-10,16H,11-12,27H2,1-2H3,(H,31,32)(H,28,29,30). The molecule has 1 aromatic heterocycles. The Hall–Kier alpha value is -3.71. The second-order valence-corrected chi connectivity index (χ2v) is 9.69. The highest BCUT2D eigenvalue weighted by Gasteiger charge is 2.30. The van der Waals surface area contributed by atoms with Crippen LogP contribution in [0.1, 0.15) is 27.9 Å². The van der Waals surface area contributed by atoms with Gasteiger partial charge in [-0.15, -0.1) is 0 Å². The van der Waals surface area contributed by atoms with E-state index in [0.29, 0.717) is 5.56 Å². The van der Waals surface area contributed by atoms with Crippen LogP contribution in [0.4, 0.5) is 19.1 Å². The van der Waals surface area contributed by atoms with Gasteiger partial charge in [-0.3, -0.25) is 0 Å². The highest BCUT2D eigenvalue weighted by molar-refractivity contribution is 7.92. The van der Waals surface area contributed by atoms with Gasteiger partial charge in [-0.25, -0.2) is 22.9 Å². The average Bonchev–Trinajstić information content (AvgIpc) is 2.76. The van der Waals surface area contributed by atoms with E-state index < -0.39 is 47.2 Å². The first kappa shape index (κ1) is 26.9. The van der Waals surface area contributed by atoms with E-state index in [9.17, 15) is 26.4 Å². The Labute approximate surface area is 205 Å². The molecule has 3 rings (SSSR count). The molecule has 0 aliphatic rings. The highest BCUT2D eigenvalue weighted by atomic mass is 32.2.